The first-order valence-corrected chi connectivity index (χ1v) is 10.4. The van der Waals surface area contributed by atoms with Crippen LogP contribution in [0.3, 0.4) is 0 Å². The average Bonchev–Trinajstić information content (AvgIpc) is 3.09. The Morgan fingerprint density at radius 1 is 1.29 bits per heavy atom. The maximum atomic E-state index is 14.9. The molecule has 8 nitrogen and oxygen atoms in total. The molecular weight excluding hydrogens is 475 g/mol. The molecule has 1 aromatic heterocycles. The number of amidine groups is 1. The molecular formula is C22H19F5N6O2. The summed E-state index contributed by atoms with van der Waals surface area (Å²) in [7, 11) is 0. The number of carbonyl (C=O) groups is 1. The molecule has 0 radical (unpaired) electrons. The minimum atomic E-state index is -3.02. The van der Waals surface area contributed by atoms with Crippen LogP contribution in [-0.4, -0.2) is 48.2 Å². The van der Waals surface area contributed by atoms with E-state index in [4.69, 9.17) is 15.7 Å². The highest BCUT2D eigenvalue weighted by Gasteiger charge is 2.50. The fourth-order valence-electron chi connectivity index (χ4n) is 4.15. The number of anilines is 1. The molecule has 1 amide bonds. The van der Waals surface area contributed by atoms with E-state index in [-0.39, 0.29) is 23.4 Å². The number of nitrogens with one attached hydrogen (secondary N) is 2. The molecule has 0 bridgehead atoms. The predicted octanol–water partition coefficient (Wildman–Crippen LogP) is 2.75. The van der Waals surface area contributed by atoms with Crippen LogP contribution < -0.4 is 16.4 Å². The number of benzene rings is 1. The van der Waals surface area contributed by atoms with Crippen LogP contribution in [0.15, 0.2) is 35.5 Å². The summed E-state index contributed by atoms with van der Waals surface area (Å²) >= 11 is 0. The Balaban J connectivity index is 1.64. The molecule has 1 aliphatic heterocycles. The van der Waals surface area contributed by atoms with Gasteiger partial charge in [-0.15, -0.1) is 0 Å². The van der Waals surface area contributed by atoms with Crippen LogP contribution in [-0.2, 0) is 10.3 Å². The van der Waals surface area contributed by atoms with E-state index < -0.39 is 72.4 Å². The van der Waals surface area contributed by atoms with E-state index in [1.807, 2.05) is 0 Å². The van der Waals surface area contributed by atoms with Gasteiger partial charge in [-0.25, -0.2) is 31.9 Å². The number of amides is 1. The van der Waals surface area contributed by atoms with E-state index >= 15 is 0 Å². The number of alkyl halides is 3. The number of nitrogens with two attached hydrogens (primary N) is 1. The predicted molar refractivity (Wildman–Crippen MR) is 113 cm³/mol. The van der Waals surface area contributed by atoms with Crippen LogP contribution in [0.4, 0.5) is 27.6 Å². The molecule has 2 aliphatic rings. The van der Waals surface area contributed by atoms with E-state index in [1.165, 1.54) is 0 Å². The Morgan fingerprint density at radius 3 is 2.74 bits per heavy atom. The van der Waals surface area contributed by atoms with Crippen LogP contribution in [0.25, 0.3) is 0 Å². The summed E-state index contributed by atoms with van der Waals surface area (Å²) in [5, 5.41) is 13.9. The maximum Gasteiger partial charge on any atom is 0.283 e. The van der Waals surface area contributed by atoms with Crippen molar-refractivity contribution < 1.29 is 31.5 Å². The zero-order valence-corrected chi connectivity index (χ0v) is 18.0. The molecule has 2 aromatic rings. The van der Waals surface area contributed by atoms with E-state index in [0.717, 1.165) is 30.5 Å². The number of aliphatic imine (C=N–C) groups is 1. The zero-order valence-electron chi connectivity index (χ0n) is 18.0. The van der Waals surface area contributed by atoms with Crippen LogP contribution in [0.5, 0.6) is 0 Å². The largest absolute Gasteiger partial charge is 0.460 e. The second-order valence-electron chi connectivity index (χ2n) is 8.34. The van der Waals surface area contributed by atoms with Gasteiger partial charge in [0, 0.05) is 36.8 Å². The summed E-state index contributed by atoms with van der Waals surface area (Å²) in [5.41, 5.74) is 2.65. The molecule has 1 fully saturated rings. The Hall–Kier alpha value is -3.79. The van der Waals surface area contributed by atoms with Crippen LogP contribution in [0.2, 0.25) is 0 Å². The van der Waals surface area contributed by atoms with Gasteiger partial charge in [0.15, 0.2) is 11.5 Å². The lowest BCUT2D eigenvalue weighted by atomic mass is 9.90. The number of hydrogen-bond acceptors (Lipinski definition) is 7. The van der Waals surface area contributed by atoms with Crippen molar-refractivity contribution in [3.8, 4) is 6.07 Å². The molecule has 2 heterocycles. The monoisotopic (exact) mass is 494 g/mol. The number of halogens is 5. The smallest absolute Gasteiger partial charge is 0.283 e. The highest BCUT2D eigenvalue weighted by atomic mass is 19.3. The maximum absolute atomic E-state index is 14.9. The molecule has 184 valence electrons. The lowest BCUT2D eigenvalue weighted by Crippen LogP contribution is -2.50. The third kappa shape index (κ3) is 4.88. The highest BCUT2D eigenvalue weighted by Crippen LogP contribution is 2.39. The van der Waals surface area contributed by atoms with E-state index in [9.17, 15) is 26.7 Å². The highest BCUT2D eigenvalue weighted by molar-refractivity contribution is 6.03. The zero-order chi connectivity index (χ0) is 25.4. The average molecular weight is 494 g/mol. The van der Waals surface area contributed by atoms with Crippen molar-refractivity contribution in [2.75, 3.05) is 18.5 Å². The van der Waals surface area contributed by atoms with Gasteiger partial charge in [-0.1, -0.05) is 0 Å². The Kier molecular flexibility index (Phi) is 6.33. The fraction of sp³-hybridized carbons (Fsp3) is 0.364. The van der Waals surface area contributed by atoms with Crippen molar-refractivity contribution in [2.45, 2.75) is 36.4 Å². The third-order valence-corrected chi connectivity index (χ3v) is 5.85. The van der Waals surface area contributed by atoms with Crippen molar-refractivity contribution >= 4 is 17.6 Å². The van der Waals surface area contributed by atoms with Crippen molar-refractivity contribution in [3.63, 3.8) is 0 Å². The van der Waals surface area contributed by atoms with Gasteiger partial charge in [-0.05, 0) is 24.3 Å². The summed E-state index contributed by atoms with van der Waals surface area (Å²) in [4.78, 5) is 20.1. The van der Waals surface area contributed by atoms with Gasteiger partial charge in [-0.3, -0.25) is 4.79 Å². The molecule has 1 aliphatic carbocycles. The first-order chi connectivity index (χ1) is 16.6. The number of nitriles is 1. The lowest BCUT2D eigenvalue weighted by molar-refractivity contribution is -0.00250. The molecule has 1 saturated carbocycles. The van der Waals surface area contributed by atoms with Gasteiger partial charge in [0.2, 0.25) is 0 Å². The summed E-state index contributed by atoms with van der Waals surface area (Å²) < 4.78 is 76.5. The Morgan fingerprint density at radius 2 is 2.06 bits per heavy atom. The first-order valence-electron chi connectivity index (χ1n) is 10.4. The number of ether oxygens (including phenoxy) is 1. The summed E-state index contributed by atoms with van der Waals surface area (Å²) in [6.45, 7) is -1.66. The van der Waals surface area contributed by atoms with E-state index in [1.54, 1.807) is 6.07 Å². The lowest BCUT2D eigenvalue weighted by Gasteiger charge is -2.34. The topological polar surface area (TPSA) is 125 Å². The number of rotatable bonds is 4. The third-order valence-electron chi connectivity index (χ3n) is 5.85. The second-order valence-corrected chi connectivity index (χ2v) is 8.34. The van der Waals surface area contributed by atoms with Gasteiger partial charge in [0.1, 0.15) is 30.2 Å². The normalized spacial score (nSPS) is 25.3. The molecule has 0 saturated heterocycles. The molecule has 4 N–H and O–H groups in total. The number of pyridine rings is 1. The summed E-state index contributed by atoms with van der Waals surface area (Å²) in [6, 6.07) is 4.23. The molecule has 0 spiro atoms. The van der Waals surface area contributed by atoms with Gasteiger partial charge in [-0.2, -0.15) is 5.26 Å². The summed E-state index contributed by atoms with van der Waals surface area (Å²) in [6.07, 6.45) is -1.16. The molecule has 4 rings (SSSR count). The molecule has 1 aromatic carbocycles. The standard InChI is InChI=1S/C22H19F5N6O2/c23-9-21(10-31-16-5-22(26,27)6-17(16)35-20(29)33-21)13-4-12(1-2-14(13)24)32-19(34)18-15(25)3-11(7-28)8-30-18/h1-4,8,16-17,31H,5-6,9-10H2,(H2,29,33)(H,32,34). The van der Waals surface area contributed by atoms with Gasteiger partial charge in [0.25, 0.3) is 17.9 Å². The quantitative estimate of drug-likeness (QED) is 0.562. The molecule has 13 heteroatoms. The van der Waals surface area contributed by atoms with Crippen molar-refractivity contribution in [2.24, 2.45) is 10.7 Å². The second kappa shape index (κ2) is 9.10. The van der Waals surface area contributed by atoms with E-state index in [2.05, 4.69) is 20.6 Å². The van der Waals surface area contributed by atoms with Crippen molar-refractivity contribution in [1.29, 1.82) is 5.26 Å². The molecule has 3 atom stereocenters. The van der Waals surface area contributed by atoms with Gasteiger partial charge >= 0.3 is 0 Å². The minimum Gasteiger partial charge on any atom is -0.460 e. The minimum absolute atomic E-state index is 0.0492. The SMILES string of the molecule is N#Cc1cnc(C(=O)Nc2ccc(F)c(C3(CF)CNC4CC(F)(F)CC4OC(N)=N3)c2)c(F)c1. The fourth-order valence-corrected chi connectivity index (χ4v) is 4.15. The first kappa shape index (κ1) is 24.3. The number of carbonyl (C=O) groups excluding carboxylic acids is 1. The molecule has 35 heavy (non-hydrogen) atoms. The van der Waals surface area contributed by atoms with Crippen molar-refractivity contribution in [1.82, 2.24) is 10.3 Å². The van der Waals surface area contributed by atoms with Crippen LogP contribution in [0.1, 0.15) is 34.5 Å². The Bertz CT molecular complexity index is 1230. The Labute approximate surface area is 196 Å². The van der Waals surface area contributed by atoms with E-state index in [0.29, 0.717) is 0 Å². The number of fused-ring (bicyclic) bond motifs is 1. The number of hydrogen-bond donors (Lipinski definition) is 3. The number of nitrogens with zero attached hydrogens (tertiary/aromatic N) is 3. The van der Waals surface area contributed by atoms with Crippen LogP contribution in [0, 0.1) is 23.0 Å². The molecule has 3 unspecified atom stereocenters. The van der Waals surface area contributed by atoms with Gasteiger partial charge in [0.05, 0.1) is 11.6 Å². The van der Waals surface area contributed by atoms with Crippen molar-refractivity contribution in [3.05, 3.63) is 58.9 Å². The van der Waals surface area contributed by atoms with Gasteiger partial charge < -0.3 is 21.1 Å². The summed E-state index contributed by atoms with van der Waals surface area (Å²) in [5.74, 6) is -5.98. The van der Waals surface area contributed by atoms with Crippen LogP contribution >= 0.6 is 0 Å². The number of aromatic nitrogens is 1.